The molecule has 4 heteroatoms. The minimum atomic E-state index is 0.163. The lowest BCUT2D eigenvalue weighted by Crippen LogP contribution is -1.97. The number of anilines is 1. The Labute approximate surface area is 71.3 Å². The van der Waals surface area contributed by atoms with E-state index in [4.69, 9.17) is 10.8 Å². The number of aromatic nitrogens is 2. The summed E-state index contributed by atoms with van der Waals surface area (Å²) in [5.74, 6) is 0.643. The van der Waals surface area contributed by atoms with Gasteiger partial charge in [0.2, 0.25) is 0 Å². The number of aliphatic hydroxyl groups is 1. The largest absolute Gasteiger partial charge is 0.396 e. The zero-order valence-electron chi connectivity index (χ0n) is 7.07. The highest BCUT2D eigenvalue weighted by atomic mass is 16.2. The van der Waals surface area contributed by atoms with Crippen LogP contribution in [0.5, 0.6) is 0 Å². The topological polar surface area (TPSA) is 64.1 Å². The molecule has 1 rings (SSSR count). The van der Waals surface area contributed by atoms with Crippen LogP contribution in [0.1, 0.15) is 12.0 Å². The number of rotatable bonds is 3. The lowest BCUT2D eigenvalue weighted by molar-refractivity contribution is 0.303. The van der Waals surface area contributed by atoms with E-state index in [1.54, 1.807) is 17.9 Å². The first-order valence-electron chi connectivity index (χ1n) is 3.80. The minimum absolute atomic E-state index is 0.163. The van der Waals surface area contributed by atoms with Gasteiger partial charge in [0.05, 0.1) is 6.20 Å². The summed E-state index contributed by atoms with van der Waals surface area (Å²) in [4.78, 5) is 0. The van der Waals surface area contributed by atoms with E-state index in [9.17, 15) is 0 Å². The molecule has 3 N–H and O–H groups in total. The van der Waals surface area contributed by atoms with Crippen molar-refractivity contribution in [2.24, 2.45) is 7.05 Å². The Bertz CT molecular complexity index is 278. The van der Waals surface area contributed by atoms with Crippen molar-refractivity contribution in [3.05, 3.63) is 17.8 Å². The van der Waals surface area contributed by atoms with E-state index in [2.05, 4.69) is 5.10 Å². The van der Waals surface area contributed by atoms with Crippen LogP contribution >= 0.6 is 0 Å². The molecule has 0 unspecified atom stereocenters. The average molecular weight is 167 g/mol. The fourth-order valence-corrected chi connectivity index (χ4v) is 0.877. The SMILES string of the molecule is Cn1ncc(C=CCCO)c1N. The Morgan fingerprint density at radius 1 is 1.75 bits per heavy atom. The Balaban J connectivity index is 2.69. The van der Waals surface area contributed by atoms with E-state index in [0.717, 1.165) is 5.56 Å². The normalized spacial score (nSPS) is 11.2. The van der Waals surface area contributed by atoms with Crippen LogP contribution in [0.4, 0.5) is 5.82 Å². The first-order valence-corrected chi connectivity index (χ1v) is 3.80. The molecule has 0 aromatic carbocycles. The van der Waals surface area contributed by atoms with E-state index >= 15 is 0 Å². The highest BCUT2D eigenvalue weighted by Crippen LogP contribution is 2.10. The van der Waals surface area contributed by atoms with E-state index in [0.29, 0.717) is 12.2 Å². The van der Waals surface area contributed by atoms with Crippen molar-refractivity contribution in [2.45, 2.75) is 6.42 Å². The predicted octanol–water partition coefficient (Wildman–Crippen LogP) is 0.398. The average Bonchev–Trinajstić information content (AvgIpc) is 2.36. The second kappa shape index (κ2) is 3.92. The molecule has 1 aromatic rings. The highest BCUT2D eigenvalue weighted by Gasteiger charge is 1.98. The lowest BCUT2D eigenvalue weighted by atomic mass is 10.3. The van der Waals surface area contributed by atoms with Crippen LogP contribution in [0, 0.1) is 0 Å². The van der Waals surface area contributed by atoms with Gasteiger partial charge in [-0.25, -0.2) is 0 Å². The van der Waals surface area contributed by atoms with Crippen LogP contribution in [0.15, 0.2) is 12.3 Å². The van der Waals surface area contributed by atoms with Gasteiger partial charge >= 0.3 is 0 Å². The van der Waals surface area contributed by atoms with Crippen LogP contribution in [0.2, 0.25) is 0 Å². The van der Waals surface area contributed by atoms with Crippen LogP contribution in [-0.4, -0.2) is 21.5 Å². The third kappa shape index (κ3) is 1.85. The summed E-state index contributed by atoms with van der Waals surface area (Å²) in [6.45, 7) is 0.163. The number of aryl methyl sites for hydroxylation is 1. The van der Waals surface area contributed by atoms with E-state index < -0.39 is 0 Å². The maximum absolute atomic E-state index is 8.52. The first kappa shape index (κ1) is 8.80. The maximum atomic E-state index is 8.52. The van der Waals surface area contributed by atoms with E-state index in [1.165, 1.54) is 0 Å². The second-order valence-corrected chi connectivity index (χ2v) is 2.52. The quantitative estimate of drug-likeness (QED) is 0.684. The molecule has 0 aliphatic rings. The summed E-state index contributed by atoms with van der Waals surface area (Å²) >= 11 is 0. The molecule has 0 atom stereocenters. The number of nitrogens with two attached hydrogens (primary N) is 1. The van der Waals surface area contributed by atoms with Crippen LogP contribution in [0.25, 0.3) is 6.08 Å². The molecule has 0 radical (unpaired) electrons. The van der Waals surface area contributed by atoms with Gasteiger partial charge in [0.1, 0.15) is 5.82 Å². The van der Waals surface area contributed by atoms with Gasteiger partial charge in [-0.3, -0.25) is 4.68 Å². The van der Waals surface area contributed by atoms with Crippen molar-refractivity contribution >= 4 is 11.9 Å². The molecule has 0 saturated carbocycles. The van der Waals surface area contributed by atoms with Gasteiger partial charge in [0.15, 0.2) is 0 Å². The van der Waals surface area contributed by atoms with Gasteiger partial charge < -0.3 is 10.8 Å². The molecule has 0 fully saturated rings. The summed E-state index contributed by atoms with van der Waals surface area (Å²) in [6.07, 6.45) is 6.07. The molecule has 66 valence electrons. The monoisotopic (exact) mass is 167 g/mol. The van der Waals surface area contributed by atoms with Crippen molar-refractivity contribution in [2.75, 3.05) is 12.3 Å². The summed E-state index contributed by atoms with van der Waals surface area (Å²) in [7, 11) is 1.79. The first-order chi connectivity index (χ1) is 5.75. The number of nitrogen functional groups attached to an aromatic ring is 1. The molecule has 0 aliphatic heterocycles. The lowest BCUT2D eigenvalue weighted by Gasteiger charge is -1.93. The third-order valence-electron chi connectivity index (χ3n) is 1.61. The maximum Gasteiger partial charge on any atom is 0.128 e. The molecule has 0 spiro atoms. The highest BCUT2D eigenvalue weighted by molar-refractivity contribution is 5.60. The van der Waals surface area contributed by atoms with Gasteiger partial charge in [-0.05, 0) is 6.42 Å². The van der Waals surface area contributed by atoms with Gasteiger partial charge in [0.25, 0.3) is 0 Å². The van der Waals surface area contributed by atoms with Crippen molar-refractivity contribution in [1.82, 2.24) is 9.78 Å². The molecule has 0 amide bonds. The standard InChI is InChI=1S/C8H13N3O/c1-11-8(9)7(6-10-11)4-2-3-5-12/h2,4,6,12H,3,5,9H2,1H3. The van der Waals surface area contributed by atoms with E-state index in [1.807, 2.05) is 12.2 Å². The molecular weight excluding hydrogens is 154 g/mol. The molecule has 1 aromatic heterocycles. The molecule has 1 heterocycles. The Morgan fingerprint density at radius 3 is 3.00 bits per heavy atom. The van der Waals surface area contributed by atoms with Crippen molar-refractivity contribution < 1.29 is 5.11 Å². The molecule has 12 heavy (non-hydrogen) atoms. The molecular formula is C8H13N3O. The smallest absolute Gasteiger partial charge is 0.128 e. The molecule has 0 saturated heterocycles. The summed E-state index contributed by atoms with van der Waals surface area (Å²) < 4.78 is 1.61. The number of hydrogen-bond donors (Lipinski definition) is 2. The Hall–Kier alpha value is -1.29. The second-order valence-electron chi connectivity index (χ2n) is 2.52. The molecule has 0 bridgehead atoms. The fraction of sp³-hybridized carbons (Fsp3) is 0.375. The van der Waals surface area contributed by atoms with Gasteiger partial charge in [-0.2, -0.15) is 5.10 Å². The molecule has 4 nitrogen and oxygen atoms in total. The number of hydrogen-bond acceptors (Lipinski definition) is 3. The predicted molar refractivity (Wildman–Crippen MR) is 48.4 cm³/mol. The summed E-state index contributed by atoms with van der Waals surface area (Å²) in [6, 6.07) is 0. The zero-order valence-corrected chi connectivity index (χ0v) is 7.07. The summed E-state index contributed by atoms with van der Waals surface area (Å²) in [5.41, 5.74) is 6.57. The van der Waals surface area contributed by atoms with Crippen LogP contribution in [0.3, 0.4) is 0 Å². The summed E-state index contributed by atoms with van der Waals surface area (Å²) in [5, 5.41) is 12.5. The van der Waals surface area contributed by atoms with Gasteiger partial charge in [-0.15, -0.1) is 0 Å². The van der Waals surface area contributed by atoms with Crippen LogP contribution in [-0.2, 0) is 7.05 Å². The minimum Gasteiger partial charge on any atom is -0.396 e. The number of aliphatic hydroxyl groups excluding tert-OH is 1. The van der Waals surface area contributed by atoms with Crippen molar-refractivity contribution in [1.29, 1.82) is 0 Å². The Kier molecular flexibility index (Phi) is 2.88. The zero-order chi connectivity index (χ0) is 8.97. The van der Waals surface area contributed by atoms with Crippen molar-refractivity contribution in [3.8, 4) is 0 Å². The fourth-order valence-electron chi connectivity index (χ4n) is 0.877. The number of nitrogens with zero attached hydrogens (tertiary/aromatic N) is 2. The van der Waals surface area contributed by atoms with E-state index in [-0.39, 0.29) is 6.61 Å². The molecule has 0 aliphatic carbocycles. The third-order valence-corrected chi connectivity index (χ3v) is 1.61. The van der Waals surface area contributed by atoms with Gasteiger partial charge in [-0.1, -0.05) is 12.2 Å². The van der Waals surface area contributed by atoms with Gasteiger partial charge in [0, 0.05) is 19.2 Å². The van der Waals surface area contributed by atoms with Crippen LogP contribution < -0.4 is 5.73 Å². The Morgan fingerprint density at radius 2 is 2.50 bits per heavy atom. The van der Waals surface area contributed by atoms with Crippen molar-refractivity contribution in [3.63, 3.8) is 0 Å².